The molecule has 1 aromatic rings. The Labute approximate surface area is 88.2 Å². The van der Waals surface area contributed by atoms with Crippen molar-refractivity contribution in [3.8, 4) is 0 Å². The second-order valence-electron chi connectivity index (χ2n) is 3.34. The number of carbonyl (C=O) groups is 1. The number of aromatic carboxylic acids is 1. The van der Waals surface area contributed by atoms with Gasteiger partial charge in [-0.25, -0.2) is 4.79 Å². The SMILES string of the molecule is CCCC(=N)c1ccc(N)cc1C(=O)O. The van der Waals surface area contributed by atoms with Crippen LogP contribution >= 0.6 is 0 Å². The van der Waals surface area contributed by atoms with Crippen molar-refractivity contribution in [1.29, 1.82) is 5.41 Å². The molecule has 1 aromatic carbocycles. The Morgan fingerprint density at radius 1 is 1.47 bits per heavy atom. The van der Waals surface area contributed by atoms with Crippen LogP contribution in [0.1, 0.15) is 35.7 Å². The van der Waals surface area contributed by atoms with Gasteiger partial charge in [0.1, 0.15) is 0 Å². The van der Waals surface area contributed by atoms with Gasteiger partial charge in [0.05, 0.1) is 5.56 Å². The Morgan fingerprint density at radius 3 is 2.67 bits per heavy atom. The Bertz CT molecular complexity index is 400. The van der Waals surface area contributed by atoms with Gasteiger partial charge in [0.2, 0.25) is 0 Å². The number of carboxylic acid groups (broad SMARTS) is 1. The summed E-state index contributed by atoms with van der Waals surface area (Å²) in [5, 5.41) is 16.7. The van der Waals surface area contributed by atoms with Crippen molar-refractivity contribution in [1.82, 2.24) is 0 Å². The average Bonchev–Trinajstić information content (AvgIpc) is 2.17. The largest absolute Gasteiger partial charge is 0.478 e. The van der Waals surface area contributed by atoms with Crippen molar-refractivity contribution in [2.24, 2.45) is 0 Å². The van der Waals surface area contributed by atoms with Crippen LogP contribution in [0.2, 0.25) is 0 Å². The second kappa shape index (κ2) is 4.59. The van der Waals surface area contributed by atoms with E-state index < -0.39 is 5.97 Å². The molecule has 0 bridgehead atoms. The Balaban J connectivity index is 3.17. The molecule has 0 saturated carbocycles. The fraction of sp³-hybridized carbons (Fsp3) is 0.273. The Hall–Kier alpha value is -1.84. The van der Waals surface area contributed by atoms with Gasteiger partial charge in [-0.2, -0.15) is 0 Å². The summed E-state index contributed by atoms with van der Waals surface area (Å²) in [6.45, 7) is 1.95. The number of rotatable bonds is 4. The molecule has 0 unspecified atom stereocenters. The summed E-state index contributed by atoms with van der Waals surface area (Å²) < 4.78 is 0. The van der Waals surface area contributed by atoms with E-state index in [2.05, 4.69) is 0 Å². The first-order valence-electron chi connectivity index (χ1n) is 4.77. The first-order chi connectivity index (χ1) is 7.06. The summed E-state index contributed by atoms with van der Waals surface area (Å²) in [6.07, 6.45) is 1.40. The molecule has 0 spiro atoms. The van der Waals surface area contributed by atoms with E-state index in [4.69, 9.17) is 16.2 Å². The van der Waals surface area contributed by atoms with Gasteiger partial charge in [0.25, 0.3) is 0 Å². The highest BCUT2D eigenvalue weighted by molar-refractivity contribution is 6.07. The number of benzene rings is 1. The van der Waals surface area contributed by atoms with Gasteiger partial charge >= 0.3 is 5.97 Å². The van der Waals surface area contributed by atoms with E-state index in [0.29, 0.717) is 23.4 Å². The minimum atomic E-state index is -1.04. The monoisotopic (exact) mass is 206 g/mol. The van der Waals surface area contributed by atoms with E-state index in [1.54, 1.807) is 12.1 Å². The van der Waals surface area contributed by atoms with E-state index in [1.165, 1.54) is 6.07 Å². The Kier molecular flexibility index (Phi) is 3.44. The van der Waals surface area contributed by atoms with Crippen molar-refractivity contribution in [2.75, 3.05) is 5.73 Å². The summed E-state index contributed by atoms with van der Waals surface area (Å²) in [5.41, 5.74) is 6.81. The maximum absolute atomic E-state index is 10.9. The van der Waals surface area contributed by atoms with E-state index in [-0.39, 0.29) is 5.56 Å². The number of hydrogen-bond donors (Lipinski definition) is 3. The Morgan fingerprint density at radius 2 is 2.13 bits per heavy atom. The smallest absolute Gasteiger partial charge is 0.336 e. The lowest BCUT2D eigenvalue weighted by Crippen LogP contribution is -2.09. The summed E-state index contributed by atoms with van der Waals surface area (Å²) in [6, 6.07) is 4.60. The molecule has 0 aliphatic rings. The molecule has 1 rings (SSSR count). The number of hydrogen-bond acceptors (Lipinski definition) is 3. The molecule has 0 aromatic heterocycles. The predicted octanol–water partition coefficient (Wildman–Crippen LogP) is 2.13. The summed E-state index contributed by atoms with van der Waals surface area (Å²) >= 11 is 0. The zero-order chi connectivity index (χ0) is 11.4. The van der Waals surface area contributed by atoms with Gasteiger partial charge in [-0.15, -0.1) is 0 Å². The van der Waals surface area contributed by atoms with E-state index in [0.717, 1.165) is 6.42 Å². The molecular weight excluding hydrogens is 192 g/mol. The summed E-state index contributed by atoms with van der Waals surface area (Å²) in [5.74, 6) is -1.04. The molecule has 0 aliphatic carbocycles. The highest BCUT2D eigenvalue weighted by Crippen LogP contribution is 2.16. The van der Waals surface area contributed by atoms with Crippen LogP contribution in [0.15, 0.2) is 18.2 Å². The molecule has 0 fully saturated rings. The lowest BCUT2D eigenvalue weighted by atomic mass is 9.99. The van der Waals surface area contributed by atoms with Crippen LogP contribution in [0.5, 0.6) is 0 Å². The number of nitrogen functional groups attached to an aromatic ring is 1. The van der Waals surface area contributed by atoms with Crippen molar-refractivity contribution >= 4 is 17.4 Å². The topological polar surface area (TPSA) is 87.2 Å². The van der Waals surface area contributed by atoms with Gasteiger partial charge in [-0.05, 0) is 18.6 Å². The number of nitrogens with one attached hydrogen (secondary N) is 1. The normalized spacial score (nSPS) is 9.93. The van der Waals surface area contributed by atoms with Crippen LogP contribution in [0.4, 0.5) is 5.69 Å². The zero-order valence-corrected chi connectivity index (χ0v) is 8.58. The molecule has 0 saturated heterocycles. The molecule has 15 heavy (non-hydrogen) atoms. The molecular formula is C11H14N2O2. The van der Waals surface area contributed by atoms with Crippen LogP contribution in [0.25, 0.3) is 0 Å². The van der Waals surface area contributed by atoms with E-state index >= 15 is 0 Å². The van der Waals surface area contributed by atoms with Crippen LogP contribution in [-0.2, 0) is 0 Å². The maximum Gasteiger partial charge on any atom is 0.336 e. The van der Waals surface area contributed by atoms with Crippen LogP contribution in [0.3, 0.4) is 0 Å². The minimum absolute atomic E-state index is 0.105. The number of anilines is 1. The minimum Gasteiger partial charge on any atom is -0.478 e. The lowest BCUT2D eigenvalue weighted by molar-refractivity contribution is 0.0696. The first-order valence-corrected chi connectivity index (χ1v) is 4.77. The van der Waals surface area contributed by atoms with Crippen LogP contribution in [0, 0.1) is 5.41 Å². The van der Waals surface area contributed by atoms with Crippen LogP contribution < -0.4 is 5.73 Å². The van der Waals surface area contributed by atoms with E-state index in [1.807, 2.05) is 6.92 Å². The van der Waals surface area contributed by atoms with Crippen molar-refractivity contribution in [3.63, 3.8) is 0 Å². The van der Waals surface area contributed by atoms with Crippen molar-refractivity contribution < 1.29 is 9.90 Å². The third kappa shape index (κ3) is 2.56. The third-order valence-electron chi connectivity index (χ3n) is 2.10. The molecule has 4 N–H and O–H groups in total. The molecule has 0 atom stereocenters. The molecule has 4 heteroatoms. The van der Waals surface area contributed by atoms with Gasteiger partial charge in [0, 0.05) is 17.0 Å². The zero-order valence-electron chi connectivity index (χ0n) is 8.58. The highest BCUT2D eigenvalue weighted by Gasteiger charge is 2.13. The molecule has 0 amide bonds. The molecule has 0 heterocycles. The van der Waals surface area contributed by atoms with Crippen LogP contribution in [-0.4, -0.2) is 16.8 Å². The average molecular weight is 206 g/mol. The number of nitrogens with two attached hydrogens (primary N) is 1. The van der Waals surface area contributed by atoms with Gasteiger partial charge in [-0.3, -0.25) is 0 Å². The second-order valence-corrected chi connectivity index (χ2v) is 3.34. The molecule has 0 aliphatic heterocycles. The summed E-state index contributed by atoms with van der Waals surface area (Å²) in [7, 11) is 0. The standard InChI is InChI=1S/C11H14N2O2/c1-2-3-10(13)8-5-4-7(12)6-9(8)11(14)15/h4-6,13H,2-3,12H2,1H3,(H,14,15). The van der Waals surface area contributed by atoms with Gasteiger partial charge < -0.3 is 16.2 Å². The first kappa shape index (κ1) is 11.2. The molecule has 4 nitrogen and oxygen atoms in total. The highest BCUT2D eigenvalue weighted by atomic mass is 16.4. The van der Waals surface area contributed by atoms with Gasteiger partial charge in [0.15, 0.2) is 0 Å². The lowest BCUT2D eigenvalue weighted by Gasteiger charge is -2.07. The number of carboxylic acids is 1. The fourth-order valence-corrected chi connectivity index (χ4v) is 1.39. The van der Waals surface area contributed by atoms with E-state index in [9.17, 15) is 4.79 Å². The van der Waals surface area contributed by atoms with Crippen molar-refractivity contribution in [3.05, 3.63) is 29.3 Å². The van der Waals surface area contributed by atoms with Gasteiger partial charge in [-0.1, -0.05) is 19.4 Å². The predicted molar refractivity (Wildman–Crippen MR) is 59.6 cm³/mol. The molecule has 0 radical (unpaired) electrons. The maximum atomic E-state index is 10.9. The summed E-state index contributed by atoms with van der Waals surface area (Å²) in [4.78, 5) is 10.9. The fourth-order valence-electron chi connectivity index (χ4n) is 1.39. The van der Waals surface area contributed by atoms with Crippen molar-refractivity contribution in [2.45, 2.75) is 19.8 Å². The third-order valence-corrected chi connectivity index (χ3v) is 2.10. The quantitative estimate of drug-likeness (QED) is 0.521. The molecule has 80 valence electrons.